The fourth-order valence-electron chi connectivity index (χ4n) is 1.08. The Hall–Kier alpha value is -0.360. The summed E-state index contributed by atoms with van der Waals surface area (Å²) in [4.78, 5) is 22.6. The smallest absolute Gasteiger partial charge is 0.307 e. The van der Waals surface area contributed by atoms with E-state index in [1.54, 1.807) is 21.6 Å². The van der Waals surface area contributed by atoms with Gasteiger partial charge in [-0.15, -0.1) is 0 Å². The lowest BCUT2D eigenvalue weighted by atomic mass is 10.2. The van der Waals surface area contributed by atoms with Gasteiger partial charge in [0.2, 0.25) is 0 Å². The third-order valence-corrected chi connectivity index (χ3v) is 4.06. The molecule has 4 nitrogen and oxygen atoms in total. The van der Waals surface area contributed by atoms with Gasteiger partial charge in [-0.05, 0) is 34.6 Å². The van der Waals surface area contributed by atoms with Gasteiger partial charge in [0.05, 0.1) is 18.9 Å². The van der Waals surface area contributed by atoms with Gasteiger partial charge in [0.1, 0.15) is 5.60 Å². The van der Waals surface area contributed by atoms with Crippen molar-refractivity contribution in [3.63, 3.8) is 0 Å². The van der Waals surface area contributed by atoms with Gasteiger partial charge in [-0.25, -0.2) is 0 Å². The summed E-state index contributed by atoms with van der Waals surface area (Å²) in [6.45, 7) is 9.23. The molecule has 0 spiro atoms. The highest BCUT2D eigenvalue weighted by molar-refractivity contribution is 8.76. The summed E-state index contributed by atoms with van der Waals surface area (Å²) in [5.74, 6) is 1.04. The van der Waals surface area contributed by atoms with Crippen LogP contribution in [-0.4, -0.2) is 35.1 Å². The molecule has 0 radical (unpaired) electrons. The Balaban J connectivity index is 3.46. The molecule has 0 heterocycles. The van der Waals surface area contributed by atoms with Crippen LogP contribution in [0.15, 0.2) is 0 Å². The van der Waals surface area contributed by atoms with E-state index in [9.17, 15) is 9.59 Å². The molecule has 0 amide bonds. The zero-order valence-electron chi connectivity index (χ0n) is 12.4. The van der Waals surface area contributed by atoms with E-state index in [1.807, 2.05) is 34.6 Å². The normalized spacial score (nSPS) is 11.5. The molecule has 0 aliphatic heterocycles. The van der Waals surface area contributed by atoms with E-state index in [2.05, 4.69) is 0 Å². The van der Waals surface area contributed by atoms with Crippen molar-refractivity contribution in [3.8, 4) is 0 Å². The molecular formula is C13H24O4S2. The van der Waals surface area contributed by atoms with Crippen LogP contribution in [0.1, 0.15) is 47.5 Å². The van der Waals surface area contributed by atoms with Gasteiger partial charge < -0.3 is 9.47 Å². The van der Waals surface area contributed by atoms with E-state index < -0.39 is 5.60 Å². The van der Waals surface area contributed by atoms with Crippen molar-refractivity contribution in [1.29, 1.82) is 0 Å². The predicted molar refractivity (Wildman–Crippen MR) is 81.2 cm³/mol. The average Bonchev–Trinajstić information content (AvgIpc) is 2.19. The molecule has 0 saturated carbocycles. The van der Waals surface area contributed by atoms with Crippen LogP contribution in [-0.2, 0) is 19.1 Å². The van der Waals surface area contributed by atoms with Gasteiger partial charge in [0.25, 0.3) is 0 Å². The van der Waals surface area contributed by atoms with Crippen molar-refractivity contribution in [2.75, 3.05) is 11.5 Å². The molecule has 0 aromatic rings. The molecule has 0 unspecified atom stereocenters. The molecular weight excluding hydrogens is 284 g/mol. The highest BCUT2D eigenvalue weighted by Crippen LogP contribution is 2.23. The molecule has 0 bridgehead atoms. The zero-order chi connectivity index (χ0) is 14.9. The first-order valence-electron chi connectivity index (χ1n) is 6.36. The van der Waals surface area contributed by atoms with Crippen LogP contribution in [0.4, 0.5) is 0 Å². The summed E-state index contributed by atoms with van der Waals surface area (Å²) < 4.78 is 10.2. The number of carbonyl (C=O) groups excluding carboxylic acids is 2. The van der Waals surface area contributed by atoms with Crippen LogP contribution in [0.2, 0.25) is 0 Å². The molecule has 112 valence electrons. The lowest BCUT2D eigenvalue weighted by Crippen LogP contribution is -2.23. The summed E-state index contributed by atoms with van der Waals surface area (Å²) in [5.41, 5.74) is -0.421. The van der Waals surface area contributed by atoms with Gasteiger partial charge in [-0.3, -0.25) is 9.59 Å². The first-order chi connectivity index (χ1) is 8.70. The topological polar surface area (TPSA) is 52.6 Å². The van der Waals surface area contributed by atoms with Crippen molar-refractivity contribution in [2.45, 2.75) is 59.2 Å². The fraction of sp³-hybridized carbons (Fsp3) is 0.846. The molecule has 0 N–H and O–H groups in total. The molecule has 6 heteroatoms. The lowest BCUT2D eigenvalue weighted by molar-refractivity contribution is -0.154. The first-order valence-corrected chi connectivity index (χ1v) is 8.85. The van der Waals surface area contributed by atoms with Crippen molar-refractivity contribution in [3.05, 3.63) is 0 Å². The Morgan fingerprint density at radius 3 is 1.89 bits per heavy atom. The second-order valence-electron chi connectivity index (χ2n) is 5.27. The van der Waals surface area contributed by atoms with E-state index in [4.69, 9.17) is 9.47 Å². The van der Waals surface area contributed by atoms with Crippen molar-refractivity contribution in [1.82, 2.24) is 0 Å². The molecule has 19 heavy (non-hydrogen) atoms. The summed E-state index contributed by atoms with van der Waals surface area (Å²) in [6.07, 6.45) is 0.741. The van der Waals surface area contributed by atoms with Crippen LogP contribution in [0, 0.1) is 0 Å². The number of rotatable bonds is 8. The minimum absolute atomic E-state index is 0.0580. The highest BCUT2D eigenvalue weighted by atomic mass is 33.1. The molecule has 0 aliphatic carbocycles. The average molecular weight is 308 g/mol. The van der Waals surface area contributed by atoms with Gasteiger partial charge in [-0.2, -0.15) is 0 Å². The molecule has 0 aromatic carbocycles. The molecule has 0 aromatic heterocycles. The van der Waals surface area contributed by atoms with Crippen LogP contribution in [0.3, 0.4) is 0 Å². The first kappa shape index (κ1) is 18.6. The van der Waals surface area contributed by atoms with Gasteiger partial charge >= 0.3 is 11.9 Å². The number of hydrogen-bond donors (Lipinski definition) is 0. The minimum atomic E-state index is -0.421. The Kier molecular flexibility index (Phi) is 9.35. The van der Waals surface area contributed by atoms with Crippen LogP contribution < -0.4 is 0 Å². The highest BCUT2D eigenvalue weighted by Gasteiger charge is 2.15. The number of esters is 2. The second kappa shape index (κ2) is 9.53. The predicted octanol–water partition coefficient (Wildman–Crippen LogP) is 3.44. The molecule has 0 aliphatic rings. The fourth-order valence-corrected chi connectivity index (χ4v) is 3.03. The number of hydrogen-bond acceptors (Lipinski definition) is 6. The van der Waals surface area contributed by atoms with E-state index in [-0.39, 0.29) is 18.0 Å². The summed E-state index contributed by atoms with van der Waals surface area (Å²) in [7, 11) is 3.15. The maximum Gasteiger partial charge on any atom is 0.307 e. The van der Waals surface area contributed by atoms with E-state index >= 15 is 0 Å². The maximum absolute atomic E-state index is 11.4. The van der Waals surface area contributed by atoms with Gasteiger partial charge in [0, 0.05) is 11.5 Å². The SMILES string of the molecule is CC(C)OC(=O)CCSSCCC(=O)OC(C)(C)C. The summed E-state index contributed by atoms with van der Waals surface area (Å²) in [5, 5.41) is 0. The Morgan fingerprint density at radius 1 is 1.00 bits per heavy atom. The summed E-state index contributed by atoms with van der Waals surface area (Å²) in [6, 6.07) is 0. The zero-order valence-corrected chi connectivity index (χ0v) is 14.0. The Morgan fingerprint density at radius 2 is 1.47 bits per heavy atom. The largest absolute Gasteiger partial charge is 0.463 e. The third kappa shape index (κ3) is 13.9. The second-order valence-corrected chi connectivity index (χ2v) is 7.97. The standard InChI is InChI=1S/C13H24O4S2/c1-10(2)16-11(14)6-8-18-19-9-7-12(15)17-13(3,4)5/h10H,6-9H2,1-5H3. The quantitative estimate of drug-likeness (QED) is 0.389. The number of ether oxygens (including phenoxy) is 2. The van der Waals surface area contributed by atoms with Crippen molar-refractivity contribution >= 4 is 33.5 Å². The van der Waals surface area contributed by atoms with Crippen molar-refractivity contribution < 1.29 is 19.1 Å². The van der Waals surface area contributed by atoms with Crippen molar-refractivity contribution in [2.24, 2.45) is 0 Å². The van der Waals surface area contributed by atoms with Crippen LogP contribution in [0.25, 0.3) is 0 Å². The van der Waals surface area contributed by atoms with E-state index in [0.29, 0.717) is 24.3 Å². The molecule has 0 rings (SSSR count). The van der Waals surface area contributed by atoms with Gasteiger partial charge in [-0.1, -0.05) is 21.6 Å². The maximum atomic E-state index is 11.4. The third-order valence-electron chi connectivity index (χ3n) is 1.65. The molecule has 0 saturated heterocycles. The number of carbonyl (C=O) groups is 2. The monoisotopic (exact) mass is 308 g/mol. The minimum Gasteiger partial charge on any atom is -0.463 e. The molecule has 0 atom stereocenters. The van der Waals surface area contributed by atoms with Crippen LogP contribution in [0.5, 0.6) is 0 Å². The summed E-state index contributed by atoms with van der Waals surface area (Å²) >= 11 is 0. The van der Waals surface area contributed by atoms with Gasteiger partial charge in [0.15, 0.2) is 0 Å². The van der Waals surface area contributed by atoms with E-state index in [1.165, 1.54) is 0 Å². The van der Waals surface area contributed by atoms with Crippen LogP contribution >= 0.6 is 21.6 Å². The Labute approximate surface area is 123 Å². The lowest BCUT2D eigenvalue weighted by Gasteiger charge is -2.19. The Bertz CT molecular complexity index is 285. The molecule has 0 fully saturated rings. The van der Waals surface area contributed by atoms with E-state index in [0.717, 1.165) is 0 Å².